The van der Waals surface area contributed by atoms with E-state index in [2.05, 4.69) is 24.7 Å². The standard InChI is InChI=1S/C7H8N2O3.C7H10N2O2.C6H8N2O2.C5H8O3.C2H6N2.6H2/c1-2-9-6(11)3-5(4-10)8-7(9)12;1-3-9-6(10)4-5(2)8-7(9)11;1-4-3-5(9)8-6(7-4)10-2;1-4(6)3-5(7)8-2;1-2(3)4;;;;;;/h3-4H,2H2,1H3,(H,8,12);4H,3H2,1-2H3,(H,8,11);3H,1-2H3,(H,7,8,9);3H2,1-2H3;1H3,(H3,3,4);6*1H. The van der Waals surface area contributed by atoms with E-state index in [1.165, 1.54) is 40.2 Å². The van der Waals surface area contributed by atoms with Gasteiger partial charge in [0.05, 0.1) is 25.7 Å². The quantitative estimate of drug-likeness (QED) is 0.0819. The molecule has 3 aromatic heterocycles. The van der Waals surface area contributed by atoms with Crippen LogP contribution in [0.2, 0.25) is 0 Å². The number of aldehydes is 1. The molecular formula is C27H52N8O10. The van der Waals surface area contributed by atoms with Crippen molar-refractivity contribution in [3.05, 3.63) is 87.3 Å². The maximum atomic E-state index is 11.0. The van der Waals surface area contributed by atoms with Crippen LogP contribution < -0.4 is 38.5 Å². The number of nitrogens with one attached hydrogen (secondary N) is 4. The van der Waals surface area contributed by atoms with E-state index in [-0.39, 0.29) is 55.1 Å². The summed E-state index contributed by atoms with van der Waals surface area (Å²) in [7, 11) is 2.71. The molecule has 0 saturated heterocycles. The summed E-state index contributed by atoms with van der Waals surface area (Å²) in [5, 5.41) is 6.28. The Morgan fingerprint density at radius 1 is 0.933 bits per heavy atom. The zero-order valence-corrected chi connectivity index (χ0v) is 26.4. The molecule has 45 heavy (non-hydrogen) atoms. The number of rotatable bonds is 6. The lowest BCUT2D eigenvalue weighted by atomic mass is 10.3. The van der Waals surface area contributed by atoms with Gasteiger partial charge in [-0.25, -0.2) is 14.6 Å². The summed E-state index contributed by atoms with van der Waals surface area (Å²) in [6, 6.07) is 4.16. The van der Waals surface area contributed by atoms with Crippen LogP contribution in [0.15, 0.2) is 42.2 Å². The maximum absolute atomic E-state index is 11.0. The van der Waals surface area contributed by atoms with Gasteiger partial charge in [-0.1, -0.05) is 0 Å². The van der Waals surface area contributed by atoms with Crippen molar-refractivity contribution in [2.75, 3.05) is 14.2 Å². The minimum atomic E-state index is -0.549. The highest BCUT2D eigenvalue weighted by Crippen LogP contribution is 1.95. The number of esters is 1. The number of nitrogens with zero attached hydrogens (tertiary/aromatic N) is 3. The van der Waals surface area contributed by atoms with Gasteiger partial charge in [-0.2, -0.15) is 0 Å². The van der Waals surface area contributed by atoms with Crippen molar-refractivity contribution in [3.8, 4) is 6.01 Å². The zero-order valence-electron chi connectivity index (χ0n) is 26.4. The molecule has 0 bridgehead atoms. The molecule has 3 heterocycles. The summed E-state index contributed by atoms with van der Waals surface area (Å²) >= 11 is 0. The Morgan fingerprint density at radius 2 is 1.42 bits per heavy atom. The Morgan fingerprint density at radius 3 is 1.76 bits per heavy atom. The van der Waals surface area contributed by atoms with Gasteiger partial charge in [-0.15, -0.1) is 0 Å². The molecular weight excluding hydrogens is 596 g/mol. The van der Waals surface area contributed by atoms with Gasteiger partial charge in [0.2, 0.25) is 0 Å². The van der Waals surface area contributed by atoms with E-state index in [1.807, 2.05) is 0 Å². The van der Waals surface area contributed by atoms with E-state index in [0.29, 0.717) is 30.8 Å². The summed E-state index contributed by atoms with van der Waals surface area (Å²) in [6.07, 6.45) is 0.319. The lowest BCUT2D eigenvalue weighted by molar-refractivity contribution is -0.142. The smallest absolute Gasteiger partial charge is 0.328 e. The number of aromatic amines is 3. The first-order valence-corrected chi connectivity index (χ1v) is 13.0. The lowest BCUT2D eigenvalue weighted by Gasteiger charge is -1.98. The maximum Gasteiger partial charge on any atom is 0.328 e. The van der Waals surface area contributed by atoms with Crippen LogP contribution in [0, 0.1) is 19.3 Å². The molecule has 18 nitrogen and oxygen atoms in total. The number of hydrogen-bond acceptors (Lipinski definition) is 12. The first-order chi connectivity index (χ1) is 20.9. The fraction of sp³-hybridized carbons (Fsp3) is 0.407. The van der Waals surface area contributed by atoms with Crippen LogP contribution >= 0.6 is 0 Å². The van der Waals surface area contributed by atoms with Gasteiger partial charge in [0, 0.05) is 51.2 Å². The first kappa shape index (κ1) is 41.5. The summed E-state index contributed by atoms with van der Waals surface area (Å²) in [5.74, 6) is -0.477. The molecule has 260 valence electrons. The second-order valence-electron chi connectivity index (χ2n) is 8.60. The van der Waals surface area contributed by atoms with Gasteiger partial charge >= 0.3 is 17.3 Å². The van der Waals surface area contributed by atoms with Gasteiger partial charge in [-0.05, 0) is 41.5 Å². The van der Waals surface area contributed by atoms with Gasteiger partial charge < -0.3 is 25.2 Å². The molecule has 18 heteroatoms. The van der Waals surface area contributed by atoms with Crippen LogP contribution in [0.1, 0.15) is 64.6 Å². The third kappa shape index (κ3) is 18.5. The Labute approximate surface area is 265 Å². The van der Waals surface area contributed by atoms with E-state index >= 15 is 0 Å². The summed E-state index contributed by atoms with van der Waals surface area (Å²) in [5.41, 5.74) is 4.19. The number of H-pyrrole nitrogens is 3. The number of ether oxygens (including phenoxy) is 2. The predicted octanol–water partition coefficient (Wildman–Crippen LogP) is 0.878. The largest absolute Gasteiger partial charge is 0.469 e. The number of carbonyl (C=O) groups is 3. The number of ketones is 1. The van der Waals surface area contributed by atoms with E-state index in [0.717, 1.165) is 15.2 Å². The Bertz CT molecular complexity index is 1670. The fourth-order valence-electron chi connectivity index (χ4n) is 2.76. The number of amidine groups is 1. The van der Waals surface area contributed by atoms with Gasteiger partial charge in [0.15, 0.2) is 6.29 Å². The Kier molecular flexibility index (Phi) is 20.2. The SMILES string of the molecule is CC(=N)N.CCn1c(=O)cc(C)[nH]c1=O.CCn1c(=O)cc(C=O)[nH]c1=O.COC(=O)CC(C)=O.COc1nc(C)cc(=O)[nH]1.[HH].[HH].[HH].[HH].[HH].[HH]. The van der Waals surface area contributed by atoms with E-state index in [9.17, 15) is 38.4 Å². The highest BCUT2D eigenvalue weighted by molar-refractivity contribution is 5.93. The number of hydrogen-bond donors (Lipinski definition) is 5. The Hall–Kier alpha value is -5.68. The molecule has 0 atom stereocenters. The summed E-state index contributed by atoms with van der Waals surface area (Å²) in [6.45, 7) is 10.4. The lowest BCUT2D eigenvalue weighted by Crippen LogP contribution is -2.34. The third-order valence-electron chi connectivity index (χ3n) is 4.62. The van der Waals surface area contributed by atoms with Gasteiger partial charge in [-0.3, -0.25) is 48.3 Å². The highest BCUT2D eigenvalue weighted by Gasteiger charge is 2.02. The van der Waals surface area contributed by atoms with Gasteiger partial charge in [0.1, 0.15) is 12.2 Å². The predicted molar refractivity (Wildman–Crippen MR) is 178 cm³/mol. The van der Waals surface area contributed by atoms with E-state index < -0.39 is 17.2 Å². The van der Waals surface area contributed by atoms with Crippen molar-refractivity contribution >= 4 is 23.9 Å². The number of carbonyl (C=O) groups excluding carboxylic acids is 3. The number of Topliss-reactive ketones (excluding diaryl/α,β-unsaturated/α-hetero) is 1. The molecule has 0 aliphatic carbocycles. The average Bonchev–Trinajstić information content (AvgIpc) is 2.92. The third-order valence-corrected chi connectivity index (χ3v) is 4.62. The number of methoxy groups -OCH3 is 2. The molecule has 0 aromatic carbocycles. The monoisotopic (exact) mass is 648 g/mol. The van der Waals surface area contributed by atoms with E-state index in [4.69, 9.17) is 15.9 Å². The normalized spacial score (nSPS) is 9.16. The first-order valence-electron chi connectivity index (χ1n) is 13.0. The second-order valence-corrected chi connectivity index (χ2v) is 8.60. The molecule has 0 spiro atoms. The molecule has 3 aromatic rings. The minimum absolute atomic E-state index is 0. The van der Waals surface area contributed by atoms with Crippen molar-refractivity contribution < 1.29 is 32.4 Å². The van der Waals surface area contributed by atoms with Crippen molar-refractivity contribution in [1.29, 1.82) is 5.41 Å². The van der Waals surface area contributed by atoms with Crippen LogP contribution in [0.5, 0.6) is 6.01 Å². The van der Waals surface area contributed by atoms with Gasteiger partial charge in [0.25, 0.3) is 22.7 Å². The van der Waals surface area contributed by atoms with Crippen molar-refractivity contribution in [1.82, 2.24) is 29.1 Å². The molecule has 0 radical (unpaired) electrons. The molecule has 0 aliphatic rings. The van der Waals surface area contributed by atoms with Crippen LogP contribution in [-0.2, 0) is 27.4 Å². The Balaban J connectivity index is -0.0000000755. The van der Waals surface area contributed by atoms with E-state index in [1.54, 1.807) is 27.7 Å². The fourth-order valence-corrected chi connectivity index (χ4v) is 2.76. The number of aromatic nitrogens is 6. The molecule has 0 saturated carbocycles. The van der Waals surface area contributed by atoms with Crippen LogP contribution in [-0.4, -0.2) is 67.2 Å². The van der Waals surface area contributed by atoms with Crippen LogP contribution in [0.3, 0.4) is 0 Å². The molecule has 0 fully saturated rings. The molecule has 0 aliphatic heterocycles. The van der Waals surface area contributed by atoms with Crippen molar-refractivity contribution in [3.63, 3.8) is 0 Å². The molecule has 0 unspecified atom stereocenters. The molecule has 3 rings (SSSR count). The number of aryl methyl sites for hydroxylation is 2. The summed E-state index contributed by atoms with van der Waals surface area (Å²) < 4.78 is 11.1. The zero-order chi connectivity index (χ0) is 35.3. The molecule has 0 amide bonds. The van der Waals surface area contributed by atoms with Crippen LogP contribution in [0.4, 0.5) is 0 Å². The van der Waals surface area contributed by atoms with Crippen molar-refractivity contribution in [2.45, 2.75) is 61.1 Å². The minimum Gasteiger partial charge on any atom is -0.469 e. The second kappa shape index (κ2) is 21.9. The van der Waals surface area contributed by atoms with Crippen LogP contribution in [0.25, 0.3) is 0 Å². The summed E-state index contributed by atoms with van der Waals surface area (Å²) in [4.78, 5) is 96.3. The molecule has 6 N–H and O–H groups in total. The highest BCUT2D eigenvalue weighted by atomic mass is 16.5. The topological polar surface area (TPSA) is 275 Å². The average molecular weight is 649 g/mol. The van der Waals surface area contributed by atoms with Crippen molar-refractivity contribution in [2.24, 2.45) is 5.73 Å². The number of nitrogens with two attached hydrogens (primary N) is 1.